The molecule has 1 aromatic rings. The number of aromatic amines is 1. The van der Waals surface area contributed by atoms with Gasteiger partial charge in [-0.1, -0.05) is 34.6 Å². The minimum Gasteiger partial charge on any atom is -0.310 e. The summed E-state index contributed by atoms with van der Waals surface area (Å²) >= 11 is 0. The molecule has 0 aliphatic rings. The van der Waals surface area contributed by atoms with Crippen LogP contribution in [-0.2, 0) is 16.6 Å². The largest absolute Gasteiger partial charge is 0.310 e. The topological polar surface area (TPSA) is 86.9 Å². The first kappa shape index (κ1) is 18.1. The van der Waals surface area contributed by atoms with Crippen LogP contribution < -0.4 is 10.0 Å². The lowest BCUT2D eigenvalue weighted by molar-refractivity contribution is 0.341. The summed E-state index contributed by atoms with van der Waals surface area (Å²) in [7, 11) is -3.60. The first-order valence-corrected chi connectivity index (χ1v) is 9.08. The molecule has 0 saturated carbocycles. The van der Waals surface area contributed by atoms with Crippen LogP contribution in [-0.4, -0.2) is 30.2 Å². The second kappa shape index (κ2) is 7.38. The van der Waals surface area contributed by atoms with E-state index < -0.39 is 15.6 Å². The molecule has 0 aliphatic carbocycles. The van der Waals surface area contributed by atoms with Crippen molar-refractivity contribution in [3.05, 3.63) is 11.8 Å². The van der Waals surface area contributed by atoms with Crippen molar-refractivity contribution < 1.29 is 8.42 Å². The van der Waals surface area contributed by atoms with Gasteiger partial charge < -0.3 is 5.32 Å². The van der Waals surface area contributed by atoms with Crippen LogP contribution in [0.4, 0.5) is 0 Å². The van der Waals surface area contributed by atoms with Gasteiger partial charge in [0.05, 0.1) is 6.20 Å². The van der Waals surface area contributed by atoms with Gasteiger partial charge in [-0.2, -0.15) is 5.10 Å². The van der Waals surface area contributed by atoms with Crippen LogP contribution in [0, 0.1) is 0 Å². The molecule has 1 heterocycles. The van der Waals surface area contributed by atoms with Gasteiger partial charge in [-0.3, -0.25) is 5.10 Å². The van der Waals surface area contributed by atoms with Gasteiger partial charge in [0, 0.05) is 23.7 Å². The summed E-state index contributed by atoms with van der Waals surface area (Å²) in [6.07, 6.45) is 3.84. The first-order chi connectivity index (χ1) is 9.80. The minimum absolute atomic E-state index is 0.162. The van der Waals surface area contributed by atoms with Crippen LogP contribution in [0.3, 0.4) is 0 Å². The van der Waals surface area contributed by atoms with E-state index >= 15 is 0 Å². The van der Waals surface area contributed by atoms with Gasteiger partial charge >= 0.3 is 0 Å². The van der Waals surface area contributed by atoms with Crippen molar-refractivity contribution in [1.29, 1.82) is 0 Å². The molecule has 0 amide bonds. The van der Waals surface area contributed by atoms with Gasteiger partial charge in [0.15, 0.2) is 5.03 Å². The smallest absolute Gasteiger partial charge is 0.258 e. The predicted octanol–water partition coefficient (Wildman–Crippen LogP) is 2.15. The average Bonchev–Trinajstić information content (AvgIpc) is 2.92. The van der Waals surface area contributed by atoms with Gasteiger partial charge in [-0.05, 0) is 19.3 Å². The summed E-state index contributed by atoms with van der Waals surface area (Å²) < 4.78 is 28.1. The lowest BCUT2D eigenvalue weighted by Gasteiger charge is -2.31. The van der Waals surface area contributed by atoms with Gasteiger partial charge in [-0.15, -0.1) is 0 Å². The Balaban J connectivity index is 3.01. The molecule has 0 fully saturated rings. The Morgan fingerprint density at radius 2 is 1.81 bits per heavy atom. The zero-order chi connectivity index (χ0) is 16.1. The molecule has 3 N–H and O–H groups in total. The standard InChI is InChI=1S/C14H28N4O2S/c1-6-14(7-2,8-3)18-21(19,20)13-12(10-16-17-13)9-15-11(4)5/h10-11,15,18H,6-9H2,1-5H3,(H,16,17). The first-order valence-electron chi connectivity index (χ1n) is 7.59. The van der Waals surface area contributed by atoms with Crippen LogP contribution in [0.5, 0.6) is 0 Å². The molecule has 0 spiro atoms. The molecular formula is C14H28N4O2S. The van der Waals surface area contributed by atoms with Crippen LogP contribution in [0.25, 0.3) is 0 Å². The Morgan fingerprint density at radius 1 is 1.24 bits per heavy atom. The number of hydrogen-bond acceptors (Lipinski definition) is 4. The summed E-state index contributed by atoms with van der Waals surface area (Å²) in [4.78, 5) is 0. The molecule has 0 aromatic carbocycles. The Labute approximate surface area is 128 Å². The van der Waals surface area contributed by atoms with E-state index in [0.29, 0.717) is 12.1 Å². The maximum absolute atomic E-state index is 12.6. The monoisotopic (exact) mass is 316 g/mol. The second-order valence-corrected chi connectivity index (χ2v) is 7.33. The number of nitrogens with one attached hydrogen (secondary N) is 3. The number of H-pyrrole nitrogens is 1. The lowest BCUT2D eigenvalue weighted by Crippen LogP contribution is -2.47. The van der Waals surface area contributed by atoms with Crippen LogP contribution in [0.2, 0.25) is 0 Å². The van der Waals surface area contributed by atoms with Crippen molar-refractivity contribution in [3.8, 4) is 0 Å². The molecule has 0 bridgehead atoms. The fraction of sp³-hybridized carbons (Fsp3) is 0.786. The van der Waals surface area contributed by atoms with E-state index in [0.717, 1.165) is 19.3 Å². The highest BCUT2D eigenvalue weighted by Gasteiger charge is 2.32. The van der Waals surface area contributed by atoms with E-state index in [1.165, 1.54) is 0 Å². The number of hydrogen-bond donors (Lipinski definition) is 3. The summed E-state index contributed by atoms with van der Waals surface area (Å²) in [5.74, 6) is 0. The maximum atomic E-state index is 12.6. The fourth-order valence-corrected chi connectivity index (χ4v) is 4.02. The molecule has 1 aromatic heterocycles. The molecule has 0 unspecified atom stereocenters. The number of nitrogens with zero attached hydrogens (tertiary/aromatic N) is 1. The van der Waals surface area contributed by atoms with Gasteiger partial charge in [-0.25, -0.2) is 13.1 Å². The zero-order valence-corrected chi connectivity index (χ0v) is 14.5. The molecule has 0 atom stereocenters. The average molecular weight is 316 g/mol. The third-order valence-electron chi connectivity index (χ3n) is 4.03. The molecule has 21 heavy (non-hydrogen) atoms. The minimum atomic E-state index is -3.60. The van der Waals surface area contributed by atoms with Gasteiger partial charge in [0.2, 0.25) is 0 Å². The molecule has 6 nitrogen and oxygen atoms in total. The van der Waals surface area contributed by atoms with Crippen LogP contribution in [0.1, 0.15) is 59.4 Å². The van der Waals surface area contributed by atoms with E-state index in [1.807, 2.05) is 34.6 Å². The Kier molecular flexibility index (Phi) is 6.37. The number of sulfonamides is 1. The second-order valence-electron chi connectivity index (χ2n) is 5.71. The van der Waals surface area contributed by atoms with E-state index in [4.69, 9.17) is 0 Å². The third kappa shape index (κ3) is 4.52. The van der Waals surface area contributed by atoms with E-state index in [2.05, 4.69) is 20.2 Å². The van der Waals surface area contributed by atoms with E-state index in [-0.39, 0.29) is 11.1 Å². The van der Waals surface area contributed by atoms with Crippen molar-refractivity contribution >= 4 is 10.0 Å². The fourth-order valence-electron chi connectivity index (χ4n) is 2.27. The van der Waals surface area contributed by atoms with Crippen molar-refractivity contribution in [3.63, 3.8) is 0 Å². The molecule has 0 aliphatic heterocycles. The van der Waals surface area contributed by atoms with Gasteiger partial charge in [0.25, 0.3) is 10.0 Å². The normalized spacial score (nSPS) is 13.0. The maximum Gasteiger partial charge on any atom is 0.258 e. The van der Waals surface area contributed by atoms with Crippen molar-refractivity contribution in [2.45, 2.75) is 77.0 Å². The summed E-state index contributed by atoms with van der Waals surface area (Å²) in [5, 5.41) is 9.89. The molecule has 0 saturated heterocycles. The zero-order valence-electron chi connectivity index (χ0n) is 13.7. The SMILES string of the molecule is CCC(CC)(CC)NS(=O)(=O)c1[nH]ncc1CNC(C)C. The van der Waals surface area contributed by atoms with Crippen molar-refractivity contribution in [2.24, 2.45) is 0 Å². The summed E-state index contributed by atoms with van der Waals surface area (Å²) in [6, 6.07) is 0.282. The quantitative estimate of drug-likeness (QED) is 0.651. The van der Waals surface area contributed by atoms with Crippen LogP contribution >= 0.6 is 0 Å². The lowest BCUT2D eigenvalue weighted by atomic mass is 9.91. The molecule has 7 heteroatoms. The number of aromatic nitrogens is 2. The van der Waals surface area contributed by atoms with Crippen molar-refractivity contribution in [2.75, 3.05) is 0 Å². The highest BCUT2D eigenvalue weighted by Crippen LogP contribution is 2.23. The van der Waals surface area contributed by atoms with E-state index in [1.54, 1.807) is 6.20 Å². The Bertz CT molecular complexity index is 525. The predicted molar refractivity (Wildman–Crippen MR) is 84.5 cm³/mol. The highest BCUT2D eigenvalue weighted by molar-refractivity contribution is 7.89. The molecule has 122 valence electrons. The third-order valence-corrected chi connectivity index (χ3v) is 5.62. The molecule has 0 radical (unpaired) electrons. The number of rotatable bonds is 9. The Morgan fingerprint density at radius 3 is 2.29 bits per heavy atom. The highest BCUT2D eigenvalue weighted by atomic mass is 32.2. The van der Waals surface area contributed by atoms with Gasteiger partial charge in [0.1, 0.15) is 0 Å². The molecular weight excluding hydrogens is 288 g/mol. The summed E-state index contributed by atoms with van der Waals surface area (Å²) in [5.41, 5.74) is 0.264. The Hall–Kier alpha value is -0.920. The van der Waals surface area contributed by atoms with Crippen LogP contribution in [0.15, 0.2) is 11.2 Å². The summed E-state index contributed by atoms with van der Waals surface area (Å²) in [6.45, 7) is 10.5. The van der Waals surface area contributed by atoms with Crippen molar-refractivity contribution in [1.82, 2.24) is 20.2 Å². The van der Waals surface area contributed by atoms with E-state index in [9.17, 15) is 8.42 Å². The molecule has 1 rings (SSSR count).